The van der Waals surface area contributed by atoms with E-state index >= 15 is 0 Å². The summed E-state index contributed by atoms with van der Waals surface area (Å²) in [5, 5.41) is 3.77. The Morgan fingerprint density at radius 1 is 1.17 bits per heavy atom. The van der Waals surface area contributed by atoms with Gasteiger partial charge < -0.3 is 10.1 Å². The maximum absolute atomic E-state index is 6.19. The minimum absolute atomic E-state index is 0.0551. The van der Waals surface area contributed by atoms with Crippen molar-refractivity contribution in [2.24, 2.45) is 5.92 Å². The standard InChI is InChI=1S/C16H33NO/c1-5-12-17-15(13-14-10-9-11-14)16(6-2,7-3)18-8-4/h14-15,17H,5-13H2,1-4H3. The quantitative estimate of drug-likeness (QED) is 0.633. The lowest BCUT2D eigenvalue weighted by molar-refractivity contribution is -0.0788. The Hall–Kier alpha value is -0.0800. The van der Waals surface area contributed by atoms with Crippen LogP contribution < -0.4 is 5.32 Å². The van der Waals surface area contributed by atoms with E-state index in [1.54, 1.807) is 0 Å². The van der Waals surface area contributed by atoms with Gasteiger partial charge in [0.25, 0.3) is 0 Å². The van der Waals surface area contributed by atoms with E-state index in [0.29, 0.717) is 6.04 Å². The molecule has 0 aliphatic heterocycles. The lowest BCUT2D eigenvalue weighted by Gasteiger charge is -2.43. The number of hydrogen-bond acceptors (Lipinski definition) is 2. The summed E-state index contributed by atoms with van der Waals surface area (Å²) in [5.41, 5.74) is 0.0551. The Bertz CT molecular complexity index is 209. The van der Waals surface area contributed by atoms with Gasteiger partial charge in [-0.2, -0.15) is 0 Å². The molecule has 0 bridgehead atoms. The van der Waals surface area contributed by atoms with Crippen LogP contribution in [-0.4, -0.2) is 24.8 Å². The summed E-state index contributed by atoms with van der Waals surface area (Å²) in [4.78, 5) is 0. The normalized spacial score (nSPS) is 18.7. The van der Waals surface area contributed by atoms with E-state index < -0.39 is 0 Å². The molecule has 1 aliphatic carbocycles. The Balaban J connectivity index is 2.67. The predicted molar refractivity (Wildman–Crippen MR) is 79.0 cm³/mol. The van der Waals surface area contributed by atoms with Gasteiger partial charge in [-0.05, 0) is 45.1 Å². The SMILES string of the molecule is CCCNC(CC1CCC1)C(CC)(CC)OCC. The van der Waals surface area contributed by atoms with Crippen LogP contribution in [0.3, 0.4) is 0 Å². The van der Waals surface area contributed by atoms with E-state index in [1.165, 1.54) is 32.1 Å². The van der Waals surface area contributed by atoms with Gasteiger partial charge in [0.15, 0.2) is 0 Å². The van der Waals surface area contributed by atoms with E-state index in [1.807, 2.05) is 0 Å². The van der Waals surface area contributed by atoms with Crippen molar-refractivity contribution in [3.8, 4) is 0 Å². The van der Waals surface area contributed by atoms with Crippen molar-refractivity contribution in [2.75, 3.05) is 13.2 Å². The maximum atomic E-state index is 6.19. The minimum Gasteiger partial charge on any atom is -0.374 e. The van der Waals surface area contributed by atoms with E-state index in [2.05, 4.69) is 33.0 Å². The molecule has 1 N–H and O–H groups in total. The molecular weight excluding hydrogens is 222 g/mol. The summed E-state index contributed by atoms with van der Waals surface area (Å²) in [6, 6.07) is 0.540. The zero-order valence-electron chi connectivity index (χ0n) is 12.9. The molecule has 1 aliphatic rings. The van der Waals surface area contributed by atoms with Crippen molar-refractivity contribution >= 4 is 0 Å². The van der Waals surface area contributed by atoms with Crippen molar-refractivity contribution in [3.05, 3.63) is 0 Å². The number of ether oxygens (including phenoxy) is 1. The molecule has 1 unspecified atom stereocenters. The third-order valence-corrected chi connectivity index (χ3v) is 4.70. The monoisotopic (exact) mass is 255 g/mol. The van der Waals surface area contributed by atoms with Gasteiger partial charge in [0.1, 0.15) is 0 Å². The lowest BCUT2D eigenvalue weighted by atomic mass is 9.75. The highest BCUT2D eigenvalue weighted by Gasteiger charge is 2.38. The topological polar surface area (TPSA) is 21.3 Å². The van der Waals surface area contributed by atoms with Crippen LogP contribution in [0.4, 0.5) is 0 Å². The fourth-order valence-electron chi connectivity index (χ4n) is 3.20. The highest BCUT2D eigenvalue weighted by atomic mass is 16.5. The fourth-order valence-corrected chi connectivity index (χ4v) is 3.20. The molecule has 0 aromatic carbocycles. The molecule has 2 heteroatoms. The summed E-state index contributed by atoms with van der Waals surface area (Å²) in [6.07, 6.45) is 9.04. The first-order valence-electron chi connectivity index (χ1n) is 8.09. The first-order chi connectivity index (χ1) is 8.72. The molecule has 0 radical (unpaired) electrons. The van der Waals surface area contributed by atoms with Gasteiger partial charge in [0, 0.05) is 12.6 Å². The van der Waals surface area contributed by atoms with Gasteiger partial charge in [-0.15, -0.1) is 0 Å². The van der Waals surface area contributed by atoms with Crippen molar-refractivity contribution in [1.29, 1.82) is 0 Å². The molecule has 1 saturated carbocycles. The predicted octanol–water partition coefficient (Wildman–Crippen LogP) is 4.14. The van der Waals surface area contributed by atoms with Gasteiger partial charge in [0.05, 0.1) is 5.60 Å². The molecular formula is C16H33NO. The fraction of sp³-hybridized carbons (Fsp3) is 1.00. The summed E-state index contributed by atoms with van der Waals surface area (Å²) in [6.45, 7) is 10.9. The van der Waals surface area contributed by atoms with Crippen LogP contribution in [0, 0.1) is 5.92 Å². The molecule has 0 aromatic heterocycles. The Morgan fingerprint density at radius 3 is 2.22 bits per heavy atom. The second-order valence-electron chi connectivity index (χ2n) is 5.74. The molecule has 0 spiro atoms. The second kappa shape index (κ2) is 8.16. The molecule has 1 fully saturated rings. The Morgan fingerprint density at radius 2 is 1.83 bits per heavy atom. The van der Waals surface area contributed by atoms with Crippen LogP contribution in [0.15, 0.2) is 0 Å². The van der Waals surface area contributed by atoms with Crippen LogP contribution in [0.1, 0.15) is 72.6 Å². The summed E-state index contributed by atoms with van der Waals surface area (Å²) < 4.78 is 6.19. The van der Waals surface area contributed by atoms with Gasteiger partial charge in [-0.25, -0.2) is 0 Å². The van der Waals surface area contributed by atoms with E-state index in [9.17, 15) is 0 Å². The zero-order valence-corrected chi connectivity index (χ0v) is 12.9. The number of rotatable bonds is 10. The zero-order chi connectivity index (χ0) is 13.4. The van der Waals surface area contributed by atoms with Crippen molar-refractivity contribution in [3.63, 3.8) is 0 Å². The Labute approximate surface area is 114 Å². The molecule has 108 valence electrons. The van der Waals surface area contributed by atoms with Crippen LogP contribution in [0.25, 0.3) is 0 Å². The van der Waals surface area contributed by atoms with E-state index in [4.69, 9.17) is 4.74 Å². The molecule has 0 saturated heterocycles. The Kier molecular flexibility index (Phi) is 7.25. The second-order valence-corrected chi connectivity index (χ2v) is 5.74. The smallest absolute Gasteiger partial charge is 0.0829 e. The van der Waals surface area contributed by atoms with Gasteiger partial charge in [-0.1, -0.05) is 40.0 Å². The average molecular weight is 255 g/mol. The first-order valence-corrected chi connectivity index (χ1v) is 8.09. The highest BCUT2D eigenvalue weighted by Crippen LogP contribution is 2.36. The average Bonchev–Trinajstić information content (AvgIpc) is 2.34. The van der Waals surface area contributed by atoms with E-state index in [-0.39, 0.29) is 5.60 Å². The summed E-state index contributed by atoms with van der Waals surface area (Å²) in [7, 11) is 0. The lowest BCUT2D eigenvalue weighted by Crippen LogP contribution is -2.53. The molecule has 0 aromatic rings. The van der Waals surface area contributed by atoms with Crippen molar-refractivity contribution in [1.82, 2.24) is 5.32 Å². The number of hydrogen-bond donors (Lipinski definition) is 1. The largest absolute Gasteiger partial charge is 0.374 e. The molecule has 18 heavy (non-hydrogen) atoms. The van der Waals surface area contributed by atoms with Crippen LogP contribution in [-0.2, 0) is 4.74 Å². The maximum Gasteiger partial charge on any atom is 0.0829 e. The molecule has 0 heterocycles. The van der Waals surface area contributed by atoms with Gasteiger partial charge in [0.2, 0.25) is 0 Å². The number of nitrogens with one attached hydrogen (secondary N) is 1. The summed E-state index contributed by atoms with van der Waals surface area (Å²) >= 11 is 0. The third-order valence-electron chi connectivity index (χ3n) is 4.70. The van der Waals surface area contributed by atoms with Crippen molar-refractivity contribution in [2.45, 2.75) is 84.3 Å². The van der Waals surface area contributed by atoms with Gasteiger partial charge in [-0.3, -0.25) is 0 Å². The molecule has 0 amide bonds. The van der Waals surface area contributed by atoms with Crippen LogP contribution >= 0.6 is 0 Å². The van der Waals surface area contributed by atoms with Crippen molar-refractivity contribution < 1.29 is 4.74 Å². The van der Waals surface area contributed by atoms with Crippen LogP contribution in [0.5, 0.6) is 0 Å². The first kappa shape index (κ1) is 16.0. The highest BCUT2D eigenvalue weighted by molar-refractivity contribution is 4.94. The third kappa shape index (κ3) is 3.96. The molecule has 1 atom stereocenters. The summed E-state index contributed by atoms with van der Waals surface area (Å²) in [5.74, 6) is 0.942. The molecule has 1 rings (SSSR count). The van der Waals surface area contributed by atoms with E-state index in [0.717, 1.165) is 31.9 Å². The van der Waals surface area contributed by atoms with Gasteiger partial charge >= 0.3 is 0 Å². The van der Waals surface area contributed by atoms with Crippen LogP contribution in [0.2, 0.25) is 0 Å². The molecule has 2 nitrogen and oxygen atoms in total. The minimum atomic E-state index is 0.0551.